The summed E-state index contributed by atoms with van der Waals surface area (Å²) in [5.74, 6) is 0.673. The number of nitrogens with zero attached hydrogens (tertiary/aromatic N) is 2. The average Bonchev–Trinajstić information content (AvgIpc) is 3.62. The van der Waals surface area contributed by atoms with Crippen LogP contribution in [0.2, 0.25) is 5.02 Å². The van der Waals surface area contributed by atoms with Gasteiger partial charge in [-0.1, -0.05) is 23.7 Å². The number of H-pyrrole nitrogens is 1. The Bertz CT molecular complexity index is 1460. The fraction of sp³-hybridized carbons (Fsp3) is 0.320. The Kier molecular flexibility index (Phi) is 6.24. The molecule has 178 valence electrons. The summed E-state index contributed by atoms with van der Waals surface area (Å²) in [5.41, 5.74) is 3.14. The van der Waals surface area contributed by atoms with Crippen LogP contribution >= 0.6 is 11.6 Å². The molecule has 34 heavy (non-hydrogen) atoms. The maximum Gasteiger partial charge on any atom is 0.181 e. The van der Waals surface area contributed by atoms with Gasteiger partial charge in [0.25, 0.3) is 0 Å². The van der Waals surface area contributed by atoms with Gasteiger partial charge in [0, 0.05) is 30.1 Å². The Hall–Kier alpha value is -2.65. The molecule has 0 saturated heterocycles. The molecule has 4 aromatic rings. The molecule has 1 fully saturated rings. The number of aliphatic hydroxyl groups is 1. The van der Waals surface area contributed by atoms with Crippen LogP contribution in [0.1, 0.15) is 12.8 Å². The Morgan fingerprint density at radius 1 is 1.21 bits per heavy atom. The molecule has 1 aliphatic carbocycles. The van der Waals surface area contributed by atoms with E-state index in [1.165, 1.54) is 0 Å². The van der Waals surface area contributed by atoms with Crippen LogP contribution in [0.4, 0.5) is 0 Å². The summed E-state index contributed by atoms with van der Waals surface area (Å²) in [4.78, 5) is 10.1. The highest BCUT2D eigenvalue weighted by Crippen LogP contribution is 2.41. The molecule has 0 aliphatic heterocycles. The lowest BCUT2D eigenvalue weighted by Gasteiger charge is -2.16. The summed E-state index contributed by atoms with van der Waals surface area (Å²) >= 11 is 6.28. The van der Waals surface area contributed by atoms with Gasteiger partial charge in [-0.2, -0.15) is 0 Å². The van der Waals surface area contributed by atoms with E-state index in [0.717, 1.165) is 40.3 Å². The Morgan fingerprint density at radius 2 is 2.03 bits per heavy atom. The van der Waals surface area contributed by atoms with Gasteiger partial charge in [0.1, 0.15) is 18.0 Å². The van der Waals surface area contributed by atoms with E-state index in [9.17, 15) is 8.42 Å². The number of aromatic nitrogens is 2. The van der Waals surface area contributed by atoms with Gasteiger partial charge in [-0.15, -0.1) is 0 Å². The number of nitrogens with one attached hydrogen (secondary N) is 1. The normalized spacial score (nSPS) is 14.4. The number of benzene rings is 2. The lowest BCUT2D eigenvalue weighted by molar-refractivity contribution is 0.193. The Balaban J connectivity index is 1.60. The largest absolute Gasteiger partial charge is 0.490 e. The van der Waals surface area contributed by atoms with E-state index in [4.69, 9.17) is 21.4 Å². The average molecular weight is 500 g/mol. The van der Waals surface area contributed by atoms with Crippen LogP contribution in [0.3, 0.4) is 0 Å². The van der Waals surface area contributed by atoms with Crippen molar-refractivity contribution in [3.05, 3.63) is 53.7 Å². The zero-order valence-electron chi connectivity index (χ0n) is 18.8. The molecule has 0 amide bonds. The molecule has 5 rings (SSSR count). The lowest BCUT2D eigenvalue weighted by atomic mass is 9.99. The second-order valence-corrected chi connectivity index (χ2v) is 11.3. The van der Waals surface area contributed by atoms with Gasteiger partial charge in [0.15, 0.2) is 9.84 Å². The van der Waals surface area contributed by atoms with Gasteiger partial charge < -0.3 is 19.7 Å². The number of likely N-dealkylation sites (N-methyl/N-ethyl adjacent to an activating group) is 1. The first-order chi connectivity index (χ1) is 16.4. The van der Waals surface area contributed by atoms with Crippen molar-refractivity contribution in [1.82, 2.24) is 14.9 Å². The molecule has 0 atom stereocenters. The molecular weight excluding hydrogens is 474 g/mol. The van der Waals surface area contributed by atoms with Gasteiger partial charge >= 0.3 is 0 Å². The predicted octanol–water partition coefficient (Wildman–Crippen LogP) is 4.28. The van der Waals surface area contributed by atoms with Gasteiger partial charge in [-0.3, -0.25) is 0 Å². The quantitative estimate of drug-likeness (QED) is 0.357. The maximum absolute atomic E-state index is 12.8. The summed E-state index contributed by atoms with van der Waals surface area (Å²) in [6.07, 6.45) is 3.04. The highest BCUT2D eigenvalue weighted by Gasteiger charge is 2.37. The van der Waals surface area contributed by atoms with Gasteiger partial charge in [0.05, 0.1) is 27.3 Å². The minimum Gasteiger partial charge on any atom is -0.490 e. The van der Waals surface area contributed by atoms with Crippen molar-refractivity contribution < 1.29 is 18.3 Å². The van der Waals surface area contributed by atoms with Gasteiger partial charge in [-0.05, 0) is 61.3 Å². The van der Waals surface area contributed by atoms with E-state index < -0.39 is 9.84 Å². The van der Waals surface area contributed by atoms with Crippen molar-refractivity contribution in [3.8, 4) is 16.9 Å². The summed E-state index contributed by atoms with van der Waals surface area (Å²) in [5, 5.41) is 11.1. The van der Waals surface area contributed by atoms with E-state index >= 15 is 0 Å². The minimum atomic E-state index is -3.31. The number of rotatable bonds is 9. The molecular formula is C25H26ClN3O4S. The highest BCUT2D eigenvalue weighted by atomic mass is 35.5. The number of hydrogen-bond donors (Lipinski definition) is 2. The van der Waals surface area contributed by atoms with Crippen LogP contribution in [-0.4, -0.2) is 67.0 Å². The number of sulfone groups is 1. The standard InChI is InChI=1S/C25H26ClN3O4S/c1-29(9-11-30)10-12-33-22-8-7-20(23-21-14-17(26)15-27-25(21)28-24(22)23)16-3-2-4-19(13-16)34(31,32)18-5-6-18/h2-4,7-8,13-15,18,30H,5-6,9-12H2,1H3,(H,27,28). The van der Waals surface area contributed by atoms with Crippen molar-refractivity contribution in [2.75, 3.05) is 33.4 Å². The first kappa shape index (κ1) is 23.1. The summed E-state index contributed by atoms with van der Waals surface area (Å²) in [6, 6.07) is 12.8. The number of aromatic amines is 1. The second-order valence-electron chi connectivity index (χ2n) is 8.68. The molecule has 0 unspecified atom stereocenters. The number of pyridine rings is 1. The molecule has 1 aliphatic rings. The number of aliphatic hydroxyl groups excluding tert-OH is 1. The third kappa shape index (κ3) is 4.38. The molecule has 2 aromatic heterocycles. The third-order valence-electron chi connectivity index (χ3n) is 6.18. The first-order valence-corrected chi connectivity index (χ1v) is 13.2. The van der Waals surface area contributed by atoms with Crippen molar-refractivity contribution in [1.29, 1.82) is 0 Å². The molecule has 0 radical (unpaired) electrons. The van der Waals surface area contributed by atoms with E-state index in [2.05, 4.69) is 9.97 Å². The van der Waals surface area contributed by atoms with Crippen LogP contribution in [0, 0.1) is 0 Å². The minimum absolute atomic E-state index is 0.0966. The van der Waals surface area contributed by atoms with Crippen LogP contribution < -0.4 is 4.74 Å². The molecule has 2 N–H and O–H groups in total. The fourth-order valence-electron chi connectivity index (χ4n) is 4.20. The summed E-state index contributed by atoms with van der Waals surface area (Å²) in [6.45, 7) is 1.78. The van der Waals surface area contributed by atoms with Gasteiger partial charge in [-0.25, -0.2) is 13.4 Å². The van der Waals surface area contributed by atoms with E-state index in [-0.39, 0.29) is 11.9 Å². The molecule has 7 nitrogen and oxygen atoms in total. The van der Waals surface area contributed by atoms with E-state index in [0.29, 0.717) is 41.0 Å². The SMILES string of the molecule is CN(CCO)CCOc1ccc(-c2cccc(S(=O)(=O)C3CC3)c2)c2c1[nH]c1ncc(Cl)cc12. The summed E-state index contributed by atoms with van der Waals surface area (Å²) in [7, 11) is -1.38. The van der Waals surface area contributed by atoms with Crippen LogP contribution in [0.15, 0.2) is 53.6 Å². The summed E-state index contributed by atoms with van der Waals surface area (Å²) < 4.78 is 31.8. The number of hydrogen-bond acceptors (Lipinski definition) is 6. The number of fused-ring (bicyclic) bond motifs is 3. The lowest BCUT2D eigenvalue weighted by Crippen LogP contribution is -2.27. The van der Waals surface area contributed by atoms with Crippen molar-refractivity contribution in [3.63, 3.8) is 0 Å². The smallest absolute Gasteiger partial charge is 0.181 e. The number of halogens is 1. The van der Waals surface area contributed by atoms with E-state index in [1.807, 2.05) is 36.2 Å². The van der Waals surface area contributed by atoms with Crippen LogP contribution in [0.5, 0.6) is 5.75 Å². The molecule has 0 bridgehead atoms. The van der Waals surface area contributed by atoms with Crippen LogP contribution in [0.25, 0.3) is 33.1 Å². The Morgan fingerprint density at radius 3 is 2.79 bits per heavy atom. The van der Waals surface area contributed by atoms with Gasteiger partial charge in [0.2, 0.25) is 0 Å². The zero-order chi connectivity index (χ0) is 23.9. The topological polar surface area (TPSA) is 95.5 Å². The first-order valence-electron chi connectivity index (χ1n) is 11.2. The number of ether oxygens (including phenoxy) is 1. The monoisotopic (exact) mass is 499 g/mol. The van der Waals surface area contributed by atoms with E-state index in [1.54, 1.807) is 24.4 Å². The fourth-order valence-corrected chi connectivity index (χ4v) is 6.06. The molecule has 2 heterocycles. The molecule has 9 heteroatoms. The molecule has 2 aromatic carbocycles. The second kappa shape index (κ2) is 9.19. The predicted molar refractivity (Wildman–Crippen MR) is 134 cm³/mol. The maximum atomic E-state index is 12.8. The third-order valence-corrected chi connectivity index (χ3v) is 8.65. The van der Waals surface area contributed by atoms with Crippen LogP contribution in [-0.2, 0) is 9.84 Å². The molecule has 0 spiro atoms. The van der Waals surface area contributed by atoms with Crippen molar-refractivity contribution in [2.24, 2.45) is 0 Å². The van der Waals surface area contributed by atoms with Crippen molar-refractivity contribution in [2.45, 2.75) is 23.0 Å². The molecule has 1 saturated carbocycles. The Labute approximate surface area is 203 Å². The highest BCUT2D eigenvalue weighted by molar-refractivity contribution is 7.92. The van der Waals surface area contributed by atoms with Crippen molar-refractivity contribution >= 4 is 43.4 Å². The zero-order valence-corrected chi connectivity index (χ0v) is 20.4.